The summed E-state index contributed by atoms with van der Waals surface area (Å²) in [6, 6.07) is 16.3. The zero-order valence-electron chi connectivity index (χ0n) is 19.9. The molecule has 1 aliphatic heterocycles. The molecule has 34 heavy (non-hydrogen) atoms. The van der Waals surface area contributed by atoms with Crippen LogP contribution in [0.3, 0.4) is 0 Å². The Bertz CT molecular complexity index is 1210. The number of nitrogens with zero attached hydrogens (tertiary/aromatic N) is 2. The number of carbonyl (C=O) groups excluding carboxylic acids is 1. The Morgan fingerprint density at radius 3 is 2.26 bits per heavy atom. The van der Waals surface area contributed by atoms with Crippen molar-refractivity contribution in [2.75, 3.05) is 13.1 Å². The van der Waals surface area contributed by atoms with Gasteiger partial charge in [-0.2, -0.15) is 4.31 Å². The second kappa shape index (κ2) is 10.1. The minimum atomic E-state index is -3.68. The molecule has 2 heterocycles. The summed E-state index contributed by atoms with van der Waals surface area (Å²) in [6.45, 7) is 6.82. The van der Waals surface area contributed by atoms with Crippen molar-refractivity contribution in [3.8, 4) is 0 Å². The van der Waals surface area contributed by atoms with Gasteiger partial charge >= 0.3 is 0 Å². The van der Waals surface area contributed by atoms with Gasteiger partial charge < -0.3 is 5.32 Å². The first-order chi connectivity index (χ1) is 16.3. The number of benzene rings is 2. The van der Waals surface area contributed by atoms with Gasteiger partial charge in [-0.25, -0.2) is 8.42 Å². The van der Waals surface area contributed by atoms with E-state index in [1.54, 1.807) is 29.7 Å². The van der Waals surface area contributed by atoms with Crippen LogP contribution < -0.4 is 5.32 Å². The lowest BCUT2D eigenvalue weighted by Gasteiger charge is -2.30. The summed E-state index contributed by atoms with van der Waals surface area (Å²) in [5.74, 6) is 0.201. The molecule has 3 aromatic rings. The van der Waals surface area contributed by atoms with Crippen molar-refractivity contribution in [2.24, 2.45) is 5.92 Å². The summed E-state index contributed by atoms with van der Waals surface area (Å²) >= 11 is 0. The fourth-order valence-corrected chi connectivity index (χ4v) is 6.16. The molecule has 0 aliphatic carbocycles. The number of hydrogen-bond acceptors (Lipinski definition) is 4. The standard InChI is InChI=1S/C27H31N3O3S/c1-19-11-15-30(16-12-19)34(32,33)25-18-24(17-20(2)21(25)3)27(31)29-26(22-7-5-4-6-8-22)23-9-13-28-14-10-23/h4-10,13-14,17-19,26H,11-12,15-16H2,1-3H3,(H,29,31). The number of sulfonamides is 1. The van der Waals surface area contributed by atoms with Crippen LogP contribution in [-0.2, 0) is 10.0 Å². The Hall–Kier alpha value is -3.03. The quantitative estimate of drug-likeness (QED) is 0.561. The van der Waals surface area contributed by atoms with Crippen LogP contribution in [0.2, 0.25) is 0 Å². The van der Waals surface area contributed by atoms with Crippen molar-refractivity contribution in [2.45, 2.75) is 44.6 Å². The molecular formula is C27H31N3O3S. The molecule has 0 spiro atoms. The highest BCUT2D eigenvalue weighted by atomic mass is 32.2. The molecule has 7 heteroatoms. The van der Waals surface area contributed by atoms with Crippen LogP contribution in [0.5, 0.6) is 0 Å². The lowest BCUT2D eigenvalue weighted by molar-refractivity contribution is 0.0942. The van der Waals surface area contributed by atoms with Crippen molar-refractivity contribution < 1.29 is 13.2 Å². The maximum atomic E-state index is 13.5. The van der Waals surface area contributed by atoms with Crippen LogP contribution in [0.15, 0.2) is 71.9 Å². The first-order valence-electron chi connectivity index (χ1n) is 11.6. The lowest BCUT2D eigenvalue weighted by atomic mass is 9.98. The Morgan fingerprint density at radius 2 is 1.62 bits per heavy atom. The van der Waals surface area contributed by atoms with Crippen LogP contribution in [0, 0.1) is 19.8 Å². The molecule has 1 fully saturated rings. The molecule has 0 bridgehead atoms. The molecule has 6 nitrogen and oxygen atoms in total. The zero-order valence-corrected chi connectivity index (χ0v) is 20.7. The zero-order chi connectivity index (χ0) is 24.3. The van der Waals surface area contributed by atoms with E-state index in [9.17, 15) is 13.2 Å². The molecule has 1 N–H and O–H groups in total. The third-order valence-electron chi connectivity index (χ3n) is 6.69. The summed E-state index contributed by atoms with van der Waals surface area (Å²) in [5, 5.41) is 3.10. The Labute approximate surface area is 202 Å². The van der Waals surface area contributed by atoms with Crippen molar-refractivity contribution >= 4 is 15.9 Å². The van der Waals surface area contributed by atoms with Crippen molar-refractivity contribution in [1.82, 2.24) is 14.6 Å². The predicted molar refractivity (Wildman–Crippen MR) is 133 cm³/mol. The van der Waals surface area contributed by atoms with Crippen LogP contribution in [0.1, 0.15) is 58.4 Å². The summed E-state index contributed by atoms with van der Waals surface area (Å²) in [6.07, 6.45) is 5.08. The molecule has 1 aliphatic rings. The fourth-order valence-electron chi connectivity index (χ4n) is 4.37. The highest BCUT2D eigenvalue weighted by Gasteiger charge is 2.30. The van der Waals surface area contributed by atoms with E-state index in [-0.39, 0.29) is 16.8 Å². The van der Waals surface area contributed by atoms with E-state index in [1.165, 1.54) is 6.07 Å². The first kappa shape index (κ1) is 24.1. The van der Waals surface area contributed by atoms with Gasteiger partial charge in [0.1, 0.15) is 0 Å². The van der Waals surface area contributed by atoms with Gasteiger partial charge in [-0.15, -0.1) is 0 Å². The van der Waals surface area contributed by atoms with Gasteiger partial charge in [-0.05, 0) is 79.1 Å². The van der Waals surface area contributed by atoms with E-state index in [2.05, 4.69) is 17.2 Å². The SMILES string of the molecule is Cc1cc(C(=O)NC(c2ccccc2)c2ccncc2)cc(S(=O)(=O)N2CCC(C)CC2)c1C. The smallest absolute Gasteiger partial charge is 0.252 e. The Balaban J connectivity index is 1.67. The molecule has 178 valence electrons. The van der Waals surface area contributed by atoms with E-state index in [1.807, 2.05) is 49.4 Å². The number of aromatic nitrogens is 1. The number of pyridine rings is 1. The van der Waals surface area contributed by atoms with Crippen LogP contribution >= 0.6 is 0 Å². The molecule has 1 atom stereocenters. The maximum Gasteiger partial charge on any atom is 0.252 e. The molecule has 4 rings (SSSR count). The predicted octanol–water partition coefficient (Wildman–Crippen LogP) is 4.64. The largest absolute Gasteiger partial charge is 0.341 e. The third-order valence-corrected chi connectivity index (χ3v) is 8.71. The number of piperidine rings is 1. The highest BCUT2D eigenvalue weighted by molar-refractivity contribution is 7.89. The van der Waals surface area contributed by atoms with Crippen molar-refractivity contribution in [3.05, 3.63) is 94.8 Å². The highest BCUT2D eigenvalue weighted by Crippen LogP contribution is 2.29. The molecule has 1 saturated heterocycles. The van der Waals surface area contributed by atoms with E-state index < -0.39 is 10.0 Å². The molecule has 1 amide bonds. The maximum absolute atomic E-state index is 13.5. The van der Waals surface area contributed by atoms with Gasteiger partial charge in [0, 0.05) is 31.0 Å². The molecule has 1 aromatic heterocycles. The lowest BCUT2D eigenvalue weighted by Crippen LogP contribution is -2.38. The number of nitrogens with one attached hydrogen (secondary N) is 1. The average Bonchev–Trinajstić information content (AvgIpc) is 2.85. The number of carbonyl (C=O) groups is 1. The average molecular weight is 478 g/mol. The number of aryl methyl sites for hydroxylation is 1. The van der Waals surface area contributed by atoms with Crippen molar-refractivity contribution in [1.29, 1.82) is 0 Å². The van der Waals surface area contributed by atoms with E-state index in [4.69, 9.17) is 0 Å². The Morgan fingerprint density at radius 1 is 1.00 bits per heavy atom. The van der Waals surface area contributed by atoms with Gasteiger partial charge in [0.2, 0.25) is 10.0 Å². The molecule has 0 saturated carbocycles. The van der Waals surface area contributed by atoms with Gasteiger partial charge in [-0.1, -0.05) is 37.3 Å². The monoisotopic (exact) mass is 477 g/mol. The normalized spacial score (nSPS) is 16.2. The van der Waals surface area contributed by atoms with Crippen LogP contribution in [0.4, 0.5) is 0 Å². The molecule has 2 aromatic carbocycles. The Kier molecular flexibility index (Phi) is 7.14. The number of rotatable bonds is 6. The van der Waals surface area contributed by atoms with Gasteiger partial charge in [-0.3, -0.25) is 9.78 Å². The molecule has 0 radical (unpaired) electrons. The molecule has 1 unspecified atom stereocenters. The minimum absolute atomic E-state index is 0.215. The first-order valence-corrected chi connectivity index (χ1v) is 13.1. The summed E-state index contributed by atoms with van der Waals surface area (Å²) < 4.78 is 28.5. The van der Waals surface area contributed by atoms with Gasteiger partial charge in [0.05, 0.1) is 10.9 Å². The van der Waals surface area contributed by atoms with Crippen molar-refractivity contribution in [3.63, 3.8) is 0 Å². The van der Waals surface area contributed by atoms with E-state index >= 15 is 0 Å². The van der Waals surface area contributed by atoms with Crippen LogP contribution in [0.25, 0.3) is 0 Å². The fraction of sp³-hybridized carbons (Fsp3) is 0.333. The topological polar surface area (TPSA) is 79.4 Å². The third kappa shape index (κ3) is 5.05. The summed E-state index contributed by atoms with van der Waals surface area (Å²) in [4.78, 5) is 17.7. The van der Waals surface area contributed by atoms with Crippen LogP contribution in [-0.4, -0.2) is 36.7 Å². The van der Waals surface area contributed by atoms with E-state index in [0.717, 1.165) is 29.5 Å². The number of hydrogen-bond donors (Lipinski definition) is 1. The number of amides is 1. The summed E-state index contributed by atoms with van der Waals surface area (Å²) in [5.41, 5.74) is 3.62. The van der Waals surface area contributed by atoms with Gasteiger partial charge in [0.15, 0.2) is 0 Å². The van der Waals surface area contributed by atoms with Gasteiger partial charge in [0.25, 0.3) is 5.91 Å². The van der Waals surface area contributed by atoms with E-state index in [0.29, 0.717) is 30.1 Å². The second-order valence-corrected chi connectivity index (χ2v) is 11.0. The summed E-state index contributed by atoms with van der Waals surface area (Å²) in [7, 11) is -3.68. The minimum Gasteiger partial charge on any atom is -0.341 e. The second-order valence-electron chi connectivity index (χ2n) is 9.10. The molecular weight excluding hydrogens is 446 g/mol.